The number of hydrogen-bond acceptors (Lipinski definition) is 6. The second kappa shape index (κ2) is 8.75. The number of ether oxygens (including phenoxy) is 1. The Morgan fingerprint density at radius 1 is 1.11 bits per heavy atom. The van der Waals surface area contributed by atoms with Crippen molar-refractivity contribution in [2.45, 2.75) is 6.42 Å². The summed E-state index contributed by atoms with van der Waals surface area (Å²) in [6.07, 6.45) is 5.82. The van der Waals surface area contributed by atoms with Crippen molar-refractivity contribution >= 4 is 17.4 Å². The topological polar surface area (TPSA) is 80.2 Å². The third kappa shape index (κ3) is 5.01. The van der Waals surface area contributed by atoms with Gasteiger partial charge in [-0.25, -0.2) is 9.97 Å². The van der Waals surface area contributed by atoms with Gasteiger partial charge in [-0.3, -0.25) is 9.78 Å². The van der Waals surface area contributed by atoms with Gasteiger partial charge in [-0.2, -0.15) is 0 Å². The molecule has 1 amide bonds. The molecule has 0 radical (unpaired) electrons. The van der Waals surface area contributed by atoms with Crippen molar-refractivity contribution in [2.75, 3.05) is 30.9 Å². The van der Waals surface area contributed by atoms with Crippen LogP contribution in [0.2, 0.25) is 0 Å². The van der Waals surface area contributed by atoms with E-state index < -0.39 is 0 Å². The molecule has 138 valence electrons. The van der Waals surface area contributed by atoms with Crippen LogP contribution >= 0.6 is 0 Å². The first-order valence-electron chi connectivity index (χ1n) is 8.53. The second-order valence-electron chi connectivity index (χ2n) is 5.97. The summed E-state index contributed by atoms with van der Waals surface area (Å²) in [5.41, 5.74) is 2.18. The first-order chi connectivity index (χ1) is 13.2. The third-order valence-electron chi connectivity index (χ3n) is 4.11. The van der Waals surface area contributed by atoms with Crippen molar-refractivity contribution in [3.05, 3.63) is 72.4 Å². The molecule has 2 aromatic heterocycles. The lowest BCUT2D eigenvalue weighted by Crippen LogP contribution is -2.23. The van der Waals surface area contributed by atoms with Crippen LogP contribution in [0, 0.1) is 0 Å². The standard InChI is InChI=1S/C20H21N5O2/c1-25(12-9-15-7-10-21-11-8-15)19-13-18(22-14-23-19)20(26)24-16-3-5-17(27-2)6-4-16/h3-8,10-11,13-14H,9,12H2,1-2H3,(H,24,26). The lowest BCUT2D eigenvalue weighted by molar-refractivity contribution is 0.102. The lowest BCUT2D eigenvalue weighted by atomic mass is 10.2. The fourth-order valence-corrected chi connectivity index (χ4v) is 2.51. The van der Waals surface area contributed by atoms with E-state index in [1.807, 2.05) is 24.1 Å². The molecule has 0 aliphatic carbocycles. The van der Waals surface area contributed by atoms with Gasteiger partial charge in [-0.05, 0) is 48.4 Å². The molecule has 7 heteroatoms. The molecule has 0 fully saturated rings. The van der Waals surface area contributed by atoms with Crippen molar-refractivity contribution in [1.29, 1.82) is 0 Å². The molecule has 0 aliphatic rings. The van der Waals surface area contributed by atoms with Gasteiger partial charge in [-0.15, -0.1) is 0 Å². The van der Waals surface area contributed by atoms with E-state index in [1.165, 1.54) is 11.9 Å². The van der Waals surface area contributed by atoms with E-state index >= 15 is 0 Å². The summed E-state index contributed by atoms with van der Waals surface area (Å²) in [6.45, 7) is 0.764. The zero-order chi connectivity index (χ0) is 19.1. The molecular formula is C20H21N5O2. The Morgan fingerprint density at radius 2 is 1.85 bits per heavy atom. The fourth-order valence-electron chi connectivity index (χ4n) is 2.51. The molecule has 0 saturated carbocycles. The highest BCUT2D eigenvalue weighted by molar-refractivity contribution is 6.03. The van der Waals surface area contributed by atoms with Crippen LogP contribution in [0.1, 0.15) is 16.1 Å². The van der Waals surface area contributed by atoms with Gasteiger partial charge in [-0.1, -0.05) is 0 Å². The molecule has 0 spiro atoms. The lowest BCUT2D eigenvalue weighted by Gasteiger charge is -2.18. The first-order valence-corrected chi connectivity index (χ1v) is 8.53. The predicted octanol–water partition coefficient (Wildman–Crippen LogP) is 2.81. The maximum Gasteiger partial charge on any atom is 0.274 e. The Bertz CT molecular complexity index is 884. The first kappa shape index (κ1) is 18.3. The molecule has 3 rings (SSSR count). The summed E-state index contributed by atoms with van der Waals surface area (Å²) in [4.78, 5) is 26.8. The number of likely N-dealkylation sites (N-methyl/N-ethyl adjacent to an activating group) is 1. The van der Waals surface area contributed by atoms with E-state index in [9.17, 15) is 4.79 Å². The number of nitrogens with zero attached hydrogens (tertiary/aromatic N) is 4. The SMILES string of the molecule is COc1ccc(NC(=O)c2cc(N(C)CCc3ccncc3)ncn2)cc1. The minimum atomic E-state index is -0.286. The number of carbonyl (C=O) groups is 1. The molecule has 3 aromatic rings. The Hall–Kier alpha value is -3.48. The third-order valence-corrected chi connectivity index (χ3v) is 4.11. The van der Waals surface area contributed by atoms with Crippen molar-refractivity contribution in [1.82, 2.24) is 15.0 Å². The average Bonchev–Trinajstić information content (AvgIpc) is 2.73. The minimum Gasteiger partial charge on any atom is -0.497 e. The van der Waals surface area contributed by atoms with E-state index in [1.54, 1.807) is 49.8 Å². The van der Waals surface area contributed by atoms with Crippen LogP contribution in [-0.2, 0) is 6.42 Å². The summed E-state index contributed by atoms with van der Waals surface area (Å²) in [5.74, 6) is 1.14. The monoisotopic (exact) mass is 363 g/mol. The summed E-state index contributed by atoms with van der Waals surface area (Å²) < 4.78 is 5.11. The molecule has 2 heterocycles. The summed E-state index contributed by atoms with van der Waals surface area (Å²) in [6, 6.07) is 12.8. The molecule has 0 atom stereocenters. The van der Waals surface area contributed by atoms with Crippen molar-refractivity contribution in [3.8, 4) is 5.75 Å². The van der Waals surface area contributed by atoms with Crippen LogP contribution < -0.4 is 15.0 Å². The molecule has 1 N–H and O–H groups in total. The van der Waals surface area contributed by atoms with Crippen LogP contribution in [0.3, 0.4) is 0 Å². The van der Waals surface area contributed by atoms with Crippen molar-refractivity contribution in [2.24, 2.45) is 0 Å². The van der Waals surface area contributed by atoms with Gasteiger partial charge in [0.25, 0.3) is 5.91 Å². The Morgan fingerprint density at radius 3 is 2.56 bits per heavy atom. The largest absolute Gasteiger partial charge is 0.497 e. The minimum absolute atomic E-state index is 0.286. The van der Waals surface area contributed by atoms with Crippen LogP contribution in [0.5, 0.6) is 5.75 Å². The summed E-state index contributed by atoms with van der Waals surface area (Å²) >= 11 is 0. The molecule has 0 unspecified atom stereocenters. The van der Waals surface area contributed by atoms with E-state index in [0.29, 0.717) is 17.2 Å². The van der Waals surface area contributed by atoms with Gasteiger partial charge < -0.3 is 15.0 Å². The Labute approximate surface area is 158 Å². The molecule has 1 aromatic carbocycles. The second-order valence-corrected chi connectivity index (χ2v) is 5.97. The van der Waals surface area contributed by atoms with Crippen molar-refractivity contribution < 1.29 is 9.53 Å². The number of hydrogen-bond donors (Lipinski definition) is 1. The number of anilines is 2. The zero-order valence-corrected chi connectivity index (χ0v) is 15.3. The van der Waals surface area contributed by atoms with Gasteiger partial charge >= 0.3 is 0 Å². The van der Waals surface area contributed by atoms with E-state index in [4.69, 9.17) is 4.74 Å². The Balaban J connectivity index is 1.63. The molecule has 27 heavy (non-hydrogen) atoms. The maximum absolute atomic E-state index is 12.5. The number of carbonyl (C=O) groups excluding carboxylic acids is 1. The van der Waals surface area contributed by atoms with Crippen LogP contribution in [0.25, 0.3) is 0 Å². The average molecular weight is 363 g/mol. The number of benzene rings is 1. The number of methoxy groups -OCH3 is 1. The summed E-state index contributed by atoms with van der Waals surface area (Å²) in [5, 5.41) is 2.82. The quantitative estimate of drug-likeness (QED) is 0.695. The Kier molecular flexibility index (Phi) is 5.94. The molecule has 0 bridgehead atoms. The van der Waals surface area contributed by atoms with Crippen LogP contribution in [0.4, 0.5) is 11.5 Å². The number of rotatable bonds is 7. The van der Waals surface area contributed by atoms with E-state index in [2.05, 4.69) is 20.3 Å². The van der Waals surface area contributed by atoms with Crippen LogP contribution in [-0.4, -0.2) is 41.6 Å². The van der Waals surface area contributed by atoms with Gasteiger partial charge in [0.15, 0.2) is 0 Å². The smallest absolute Gasteiger partial charge is 0.274 e. The molecular weight excluding hydrogens is 342 g/mol. The molecule has 7 nitrogen and oxygen atoms in total. The highest BCUT2D eigenvalue weighted by Crippen LogP contribution is 2.16. The van der Waals surface area contributed by atoms with E-state index in [0.717, 1.165) is 18.7 Å². The fraction of sp³-hybridized carbons (Fsp3) is 0.200. The zero-order valence-electron chi connectivity index (χ0n) is 15.3. The highest BCUT2D eigenvalue weighted by Gasteiger charge is 2.11. The van der Waals surface area contributed by atoms with E-state index in [-0.39, 0.29) is 5.91 Å². The summed E-state index contributed by atoms with van der Waals surface area (Å²) in [7, 11) is 3.54. The number of pyridine rings is 1. The van der Waals surface area contributed by atoms with Crippen LogP contribution in [0.15, 0.2) is 61.2 Å². The van der Waals surface area contributed by atoms with Gasteiger partial charge in [0.05, 0.1) is 7.11 Å². The number of aromatic nitrogens is 3. The van der Waals surface area contributed by atoms with Gasteiger partial charge in [0, 0.05) is 37.7 Å². The highest BCUT2D eigenvalue weighted by atomic mass is 16.5. The molecule has 0 aliphatic heterocycles. The maximum atomic E-state index is 12.5. The molecule has 0 saturated heterocycles. The van der Waals surface area contributed by atoms with Crippen molar-refractivity contribution in [3.63, 3.8) is 0 Å². The normalized spacial score (nSPS) is 10.3. The van der Waals surface area contributed by atoms with Gasteiger partial charge in [0.2, 0.25) is 0 Å². The predicted molar refractivity (Wildman–Crippen MR) is 104 cm³/mol. The number of amides is 1. The van der Waals surface area contributed by atoms with Gasteiger partial charge in [0.1, 0.15) is 23.6 Å². The number of nitrogens with one attached hydrogen (secondary N) is 1.